The maximum Gasteiger partial charge on any atom is 0.326 e. The van der Waals surface area contributed by atoms with Crippen LogP contribution < -0.4 is 0 Å². The second-order valence-corrected chi connectivity index (χ2v) is 7.76. The number of likely N-dealkylation sites (tertiary alicyclic amines) is 1. The smallest absolute Gasteiger partial charge is 0.326 e. The number of piperidine rings is 1. The van der Waals surface area contributed by atoms with Crippen LogP contribution in [0.5, 0.6) is 0 Å². The van der Waals surface area contributed by atoms with Crippen LogP contribution in [0.1, 0.15) is 35.2 Å². The number of nitrogens with zero attached hydrogens (tertiary/aromatic N) is 1. The van der Waals surface area contributed by atoms with Gasteiger partial charge in [-0.1, -0.05) is 12.1 Å². The Bertz CT molecular complexity index is 666. The number of carbonyl (C=O) groups excluding carboxylic acids is 1. The van der Waals surface area contributed by atoms with E-state index in [0.717, 1.165) is 19.1 Å². The summed E-state index contributed by atoms with van der Waals surface area (Å²) < 4.78 is 22.5. The van der Waals surface area contributed by atoms with Crippen molar-refractivity contribution < 1.29 is 23.1 Å². The van der Waals surface area contributed by atoms with Crippen LogP contribution in [0.15, 0.2) is 24.3 Å². The van der Waals surface area contributed by atoms with Crippen molar-refractivity contribution in [2.75, 3.05) is 12.8 Å². The predicted molar refractivity (Wildman–Crippen MR) is 81.3 cm³/mol. The highest BCUT2D eigenvalue weighted by molar-refractivity contribution is 7.89. The molecule has 22 heavy (non-hydrogen) atoms. The minimum absolute atomic E-state index is 0.0804. The van der Waals surface area contributed by atoms with Crippen LogP contribution in [-0.2, 0) is 20.4 Å². The zero-order valence-corrected chi connectivity index (χ0v) is 13.2. The van der Waals surface area contributed by atoms with Gasteiger partial charge in [0, 0.05) is 18.4 Å². The number of amides is 1. The fraction of sp³-hybridized carbons (Fsp3) is 0.467. The lowest BCUT2D eigenvalue weighted by molar-refractivity contribution is -0.143. The Labute approximate surface area is 129 Å². The molecule has 1 saturated heterocycles. The first-order valence-corrected chi connectivity index (χ1v) is 9.14. The molecule has 0 spiro atoms. The molecule has 0 aliphatic carbocycles. The first-order chi connectivity index (χ1) is 10.3. The highest BCUT2D eigenvalue weighted by Crippen LogP contribution is 2.20. The number of hydrogen-bond acceptors (Lipinski definition) is 4. The predicted octanol–water partition coefficient (Wildman–Crippen LogP) is 1.31. The third-order valence-electron chi connectivity index (χ3n) is 3.68. The first kappa shape index (κ1) is 16.5. The summed E-state index contributed by atoms with van der Waals surface area (Å²) >= 11 is 0. The number of carboxylic acid groups (broad SMARTS) is 1. The van der Waals surface area contributed by atoms with Gasteiger partial charge >= 0.3 is 5.97 Å². The molecule has 1 aliphatic rings. The number of benzene rings is 1. The van der Waals surface area contributed by atoms with Crippen LogP contribution in [0, 0.1) is 0 Å². The van der Waals surface area contributed by atoms with E-state index in [0.29, 0.717) is 24.1 Å². The summed E-state index contributed by atoms with van der Waals surface area (Å²) in [6.07, 6.45) is 3.21. The van der Waals surface area contributed by atoms with E-state index in [-0.39, 0.29) is 11.7 Å². The fourth-order valence-electron chi connectivity index (χ4n) is 2.64. The molecule has 1 aromatic rings. The Morgan fingerprint density at radius 2 is 1.86 bits per heavy atom. The van der Waals surface area contributed by atoms with E-state index in [9.17, 15) is 23.1 Å². The molecule has 1 aliphatic heterocycles. The van der Waals surface area contributed by atoms with Crippen molar-refractivity contribution >= 4 is 21.7 Å². The first-order valence-electron chi connectivity index (χ1n) is 7.08. The highest BCUT2D eigenvalue weighted by Gasteiger charge is 2.32. The molecular weight excluding hydrogens is 306 g/mol. The lowest BCUT2D eigenvalue weighted by Crippen LogP contribution is -2.47. The van der Waals surface area contributed by atoms with Gasteiger partial charge in [-0.15, -0.1) is 0 Å². The third kappa shape index (κ3) is 4.07. The molecular formula is C15H19NO5S. The minimum atomic E-state index is -3.12. The van der Waals surface area contributed by atoms with Gasteiger partial charge in [-0.25, -0.2) is 13.2 Å². The van der Waals surface area contributed by atoms with Crippen molar-refractivity contribution in [2.24, 2.45) is 0 Å². The highest BCUT2D eigenvalue weighted by atomic mass is 32.2. The number of aliphatic carboxylic acids is 1. The van der Waals surface area contributed by atoms with E-state index in [1.54, 1.807) is 24.3 Å². The van der Waals surface area contributed by atoms with Crippen molar-refractivity contribution in [2.45, 2.75) is 31.1 Å². The van der Waals surface area contributed by atoms with Gasteiger partial charge in [-0.2, -0.15) is 0 Å². The van der Waals surface area contributed by atoms with Crippen molar-refractivity contribution in [1.29, 1.82) is 0 Å². The Morgan fingerprint density at radius 1 is 1.23 bits per heavy atom. The topological polar surface area (TPSA) is 91.8 Å². The molecule has 1 aromatic carbocycles. The van der Waals surface area contributed by atoms with E-state index >= 15 is 0 Å². The van der Waals surface area contributed by atoms with E-state index in [2.05, 4.69) is 0 Å². The second-order valence-electron chi connectivity index (χ2n) is 5.62. The molecule has 0 bridgehead atoms. The molecule has 0 aromatic heterocycles. The number of sulfone groups is 1. The Hall–Kier alpha value is -1.89. The average molecular weight is 325 g/mol. The lowest BCUT2D eigenvalue weighted by Gasteiger charge is -2.33. The molecule has 1 amide bonds. The Kier molecular flexibility index (Phi) is 4.85. The molecule has 1 heterocycles. The second kappa shape index (κ2) is 6.48. The average Bonchev–Trinajstić information content (AvgIpc) is 2.45. The van der Waals surface area contributed by atoms with Gasteiger partial charge in [0.15, 0.2) is 9.84 Å². The third-order valence-corrected chi connectivity index (χ3v) is 4.54. The van der Waals surface area contributed by atoms with Crippen molar-refractivity contribution in [3.8, 4) is 0 Å². The van der Waals surface area contributed by atoms with Gasteiger partial charge in [-0.3, -0.25) is 4.79 Å². The van der Waals surface area contributed by atoms with E-state index in [1.165, 1.54) is 4.90 Å². The molecule has 0 saturated carbocycles. The maximum atomic E-state index is 12.5. The van der Waals surface area contributed by atoms with Gasteiger partial charge in [-0.05, 0) is 37.0 Å². The fourth-order valence-corrected chi connectivity index (χ4v) is 3.44. The molecule has 1 unspecified atom stereocenters. The van der Waals surface area contributed by atoms with Gasteiger partial charge in [0.1, 0.15) is 6.04 Å². The number of carbonyl (C=O) groups is 2. The van der Waals surface area contributed by atoms with Gasteiger partial charge in [0.25, 0.3) is 5.91 Å². The largest absolute Gasteiger partial charge is 0.480 e. The van der Waals surface area contributed by atoms with Gasteiger partial charge in [0.2, 0.25) is 0 Å². The van der Waals surface area contributed by atoms with Crippen LogP contribution in [0.25, 0.3) is 0 Å². The monoisotopic (exact) mass is 325 g/mol. The van der Waals surface area contributed by atoms with Crippen LogP contribution in [0.2, 0.25) is 0 Å². The molecule has 2 rings (SSSR count). The summed E-state index contributed by atoms with van der Waals surface area (Å²) in [5, 5.41) is 9.22. The van der Waals surface area contributed by atoms with Crippen molar-refractivity contribution in [1.82, 2.24) is 4.90 Å². The summed E-state index contributed by atoms with van der Waals surface area (Å²) in [4.78, 5) is 25.1. The van der Waals surface area contributed by atoms with Gasteiger partial charge < -0.3 is 10.0 Å². The lowest BCUT2D eigenvalue weighted by atomic mass is 10.0. The Balaban J connectivity index is 2.16. The van der Waals surface area contributed by atoms with E-state index in [1.807, 2.05) is 0 Å². The summed E-state index contributed by atoms with van der Waals surface area (Å²) in [6.45, 7) is 0.431. The molecule has 7 heteroatoms. The summed E-state index contributed by atoms with van der Waals surface area (Å²) in [7, 11) is -3.12. The standard InChI is InChI=1S/C15H19NO5S/c1-22(20,21)10-11-5-7-12(8-6-11)14(17)16-9-3-2-4-13(16)15(18)19/h5-8,13H,2-4,9-10H2,1H3,(H,18,19). The van der Waals surface area contributed by atoms with Gasteiger partial charge in [0.05, 0.1) is 5.75 Å². The van der Waals surface area contributed by atoms with Crippen molar-refractivity contribution in [3.63, 3.8) is 0 Å². The van der Waals surface area contributed by atoms with Crippen LogP contribution in [-0.4, -0.2) is 49.1 Å². The van der Waals surface area contributed by atoms with E-state index in [4.69, 9.17) is 0 Å². The zero-order chi connectivity index (χ0) is 16.3. The Morgan fingerprint density at radius 3 is 2.41 bits per heavy atom. The quantitative estimate of drug-likeness (QED) is 0.901. The van der Waals surface area contributed by atoms with Crippen LogP contribution in [0.4, 0.5) is 0 Å². The normalized spacial score (nSPS) is 19.0. The summed E-state index contributed by atoms with van der Waals surface area (Å²) in [6, 6.07) is 5.51. The van der Waals surface area contributed by atoms with Crippen LogP contribution in [0.3, 0.4) is 0 Å². The molecule has 0 radical (unpaired) electrons. The maximum absolute atomic E-state index is 12.5. The summed E-state index contributed by atoms with van der Waals surface area (Å²) in [5.41, 5.74) is 0.984. The van der Waals surface area contributed by atoms with E-state index < -0.39 is 21.8 Å². The number of rotatable bonds is 4. The minimum Gasteiger partial charge on any atom is -0.480 e. The number of carboxylic acids is 1. The SMILES string of the molecule is CS(=O)(=O)Cc1ccc(C(=O)N2CCCCC2C(=O)O)cc1. The molecule has 1 atom stereocenters. The van der Waals surface area contributed by atoms with Crippen molar-refractivity contribution in [3.05, 3.63) is 35.4 Å². The van der Waals surface area contributed by atoms with Crippen LogP contribution >= 0.6 is 0 Å². The molecule has 1 N–H and O–H groups in total. The number of hydrogen-bond donors (Lipinski definition) is 1. The molecule has 1 fully saturated rings. The zero-order valence-electron chi connectivity index (χ0n) is 12.4. The molecule has 120 valence electrons. The summed E-state index contributed by atoms with van der Waals surface area (Å²) in [5.74, 6) is -1.39. The molecule has 6 nitrogen and oxygen atoms in total.